The zero-order chi connectivity index (χ0) is 28.4. The molecule has 1 saturated heterocycles. The maximum Gasteiger partial charge on any atom is 0.261 e. The lowest BCUT2D eigenvalue weighted by atomic mass is 10.0. The smallest absolute Gasteiger partial charge is 0.261 e. The van der Waals surface area contributed by atoms with Gasteiger partial charge in [0, 0.05) is 24.2 Å². The number of nitrogens with zero attached hydrogens (tertiary/aromatic N) is 1. The molecule has 4 nitrogen and oxygen atoms in total. The van der Waals surface area contributed by atoms with Crippen molar-refractivity contribution in [1.29, 1.82) is 0 Å². The summed E-state index contributed by atoms with van der Waals surface area (Å²) in [7, 11) is -2.98. The van der Waals surface area contributed by atoms with Crippen molar-refractivity contribution in [2.75, 3.05) is 18.0 Å². The summed E-state index contributed by atoms with van der Waals surface area (Å²) in [6.45, 7) is 11.1. The Labute approximate surface area is 236 Å². The van der Waals surface area contributed by atoms with Crippen LogP contribution >= 0.6 is 11.6 Å². The number of morpholine rings is 1. The number of anilines is 1. The fourth-order valence-corrected chi connectivity index (χ4v) is 10.4. The van der Waals surface area contributed by atoms with E-state index >= 15 is 8.78 Å². The molecule has 0 bridgehead atoms. The van der Waals surface area contributed by atoms with Crippen LogP contribution < -0.4 is 15.3 Å². The minimum absolute atomic E-state index is 0.00932. The summed E-state index contributed by atoms with van der Waals surface area (Å²) in [4.78, 5) is 13.3. The van der Waals surface area contributed by atoms with Crippen LogP contribution in [-0.4, -0.2) is 39.9 Å². The Hall–Kier alpha value is -2.58. The number of carbonyl (C=O) groups excluding carboxylic acids is 1. The number of hydrogen-bond acceptors (Lipinski definition) is 4. The lowest BCUT2D eigenvalue weighted by Crippen LogP contribution is -2.66. The molecule has 8 heteroatoms. The van der Waals surface area contributed by atoms with Crippen LogP contribution in [0.25, 0.3) is 0 Å². The molecule has 0 saturated carbocycles. The van der Waals surface area contributed by atoms with Gasteiger partial charge in [0.15, 0.2) is 11.6 Å². The normalized spacial score (nSPS) is 19.1. The van der Waals surface area contributed by atoms with Crippen molar-refractivity contribution in [3.8, 4) is 0 Å². The molecule has 1 heterocycles. The van der Waals surface area contributed by atoms with Gasteiger partial charge < -0.3 is 18.9 Å². The van der Waals surface area contributed by atoms with E-state index in [9.17, 15) is 4.79 Å². The minimum atomic E-state index is -2.98. The minimum Gasteiger partial charge on any atom is -0.403 e. The molecule has 0 radical (unpaired) electrons. The molecule has 39 heavy (non-hydrogen) atoms. The van der Waals surface area contributed by atoms with Crippen molar-refractivity contribution >= 4 is 42.3 Å². The first-order valence-electron chi connectivity index (χ1n) is 13.2. The van der Waals surface area contributed by atoms with Gasteiger partial charge in [-0.2, -0.15) is 0 Å². The second kappa shape index (κ2) is 11.9. The molecule has 0 N–H and O–H groups in total. The molecule has 0 amide bonds. The van der Waals surface area contributed by atoms with E-state index in [0.717, 1.165) is 10.4 Å². The number of hydrogen-bond donors (Lipinski definition) is 0. The second-order valence-corrected chi connectivity index (χ2v) is 16.0. The Bertz CT molecular complexity index is 1240. The fourth-order valence-electron chi connectivity index (χ4n) is 5.73. The topological polar surface area (TPSA) is 38.8 Å². The number of alkyl halides is 1. The third-order valence-electron chi connectivity index (χ3n) is 7.30. The van der Waals surface area contributed by atoms with E-state index in [4.69, 9.17) is 20.8 Å². The molecule has 1 aliphatic heterocycles. The van der Waals surface area contributed by atoms with Gasteiger partial charge in [0.2, 0.25) is 0 Å². The SMILES string of the molecule is C[C@@H]1CN(c2c(CO[Si](c3ccccc3)(c3ccccc3)C(C)(C)C)cc(C(Cl)C=O)c(F)c2F)C[C@H](C)O1. The summed E-state index contributed by atoms with van der Waals surface area (Å²) in [6, 6.07) is 21.7. The highest BCUT2D eigenvalue weighted by Gasteiger charge is 2.50. The zero-order valence-corrected chi connectivity index (χ0v) is 24.8. The largest absolute Gasteiger partial charge is 0.403 e. The highest BCUT2D eigenvalue weighted by molar-refractivity contribution is 6.99. The number of rotatable bonds is 8. The highest BCUT2D eigenvalue weighted by Crippen LogP contribution is 2.40. The van der Waals surface area contributed by atoms with Crippen molar-refractivity contribution in [3.05, 3.63) is 89.5 Å². The Balaban J connectivity index is 1.89. The summed E-state index contributed by atoms with van der Waals surface area (Å²) in [5, 5.41) is 0.522. The Morgan fingerprint density at radius 3 is 1.97 bits per heavy atom. The molecule has 0 aliphatic carbocycles. The Kier molecular flexibility index (Phi) is 8.96. The Morgan fingerprint density at radius 2 is 1.51 bits per heavy atom. The second-order valence-electron chi connectivity index (χ2n) is 11.3. The van der Waals surface area contributed by atoms with Crippen LogP contribution in [0.3, 0.4) is 0 Å². The van der Waals surface area contributed by atoms with Crippen molar-refractivity contribution in [3.63, 3.8) is 0 Å². The van der Waals surface area contributed by atoms with E-state index < -0.39 is 25.3 Å². The maximum absolute atomic E-state index is 15.9. The lowest BCUT2D eigenvalue weighted by molar-refractivity contribution is -0.107. The molecule has 208 valence electrons. The van der Waals surface area contributed by atoms with Gasteiger partial charge in [0.1, 0.15) is 11.7 Å². The molecule has 3 aromatic carbocycles. The molecule has 1 fully saturated rings. The van der Waals surface area contributed by atoms with Crippen molar-refractivity contribution < 1.29 is 22.7 Å². The highest BCUT2D eigenvalue weighted by atomic mass is 35.5. The number of carbonyl (C=O) groups is 1. The van der Waals surface area contributed by atoms with Crippen LogP contribution in [0.4, 0.5) is 14.5 Å². The molecular weight excluding hydrogens is 536 g/mol. The first-order chi connectivity index (χ1) is 18.5. The maximum atomic E-state index is 15.9. The molecular formula is C31H36ClF2NO3Si. The van der Waals surface area contributed by atoms with E-state index in [1.807, 2.05) is 55.1 Å². The third kappa shape index (κ3) is 5.82. The van der Waals surface area contributed by atoms with Crippen molar-refractivity contribution in [2.24, 2.45) is 0 Å². The number of aldehydes is 1. The zero-order valence-electron chi connectivity index (χ0n) is 23.1. The molecule has 3 aromatic rings. The average molecular weight is 572 g/mol. The predicted molar refractivity (Wildman–Crippen MR) is 156 cm³/mol. The molecule has 1 unspecified atom stereocenters. The van der Waals surface area contributed by atoms with Crippen molar-refractivity contribution in [1.82, 2.24) is 0 Å². The van der Waals surface area contributed by atoms with E-state index in [0.29, 0.717) is 24.9 Å². The monoisotopic (exact) mass is 571 g/mol. The van der Waals surface area contributed by atoms with Crippen LogP contribution in [0.15, 0.2) is 66.7 Å². The fraction of sp³-hybridized carbons (Fsp3) is 0.387. The van der Waals surface area contributed by atoms with Gasteiger partial charge in [-0.05, 0) is 35.3 Å². The van der Waals surface area contributed by atoms with Gasteiger partial charge in [-0.1, -0.05) is 81.4 Å². The van der Waals surface area contributed by atoms with Crippen LogP contribution in [0.5, 0.6) is 0 Å². The van der Waals surface area contributed by atoms with Gasteiger partial charge in [0.05, 0.1) is 24.5 Å². The summed E-state index contributed by atoms with van der Waals surface area (Å²) >= 11 is 6.14. The quantitative estimate of drug-likeness (QED) is 0.185. The molecule has 0 aromatic heterocycles. The van der Waals surface area contributed by atoms with Crippen LogP contribution in [0.2, 0.25) is 5.04 Å². The molecule has 4 rings (SSSR count). The summed E-state index contributed by atoms with van der Waals surface area (Å²) in [5.41, 5.74) is 0.389. The molecule has 0 spiro atoms. The van der Waals surface area contributed by atoms with Crippen LogP contribution in [0, 0.1) is 11.6 Å². The van der Waals surface area contributed by atoms with Gasteiger partial charge in [-0.15, -0.1) is 11.6 Å². The number of ether oxygens (including phenoxy) is 1. The van der Waals surface area contributed by atoms with E-state index in [1.165, 1.54) is 6.07 Å². The average Bonchev–Trinajstić information content (AvgIpc) is 2.90. The van der Waals surface area contributed by atoms with Gasteiger partial charge in [-0.3, -0.25) is 0 Å². The predicted octanol–water partition coefficient (Wildman–Crippen LogP) is 6.13. The Morgan fingerprint density at radius 1 is 1.00 bits per heavy atom. The van der Waals surface area contributed by atoms with E-state index in [-0.39, 0.29) is 35.1 Å². The first kappa shape index (κ1) is 29.4. The number of benzene rings is 3. The molecule has 1 aliphatic rings. The molecule has 3 atom stereocenters. The van der Waals surface area contributed by atoms with Crippen molar-refractivity contribution in [2.45, 2.75) is 63.8 Å². The van der Waals surface area contributed by atoms with Gasteiger partial charge in [-0.25, -0.2) is 8.78 Å². The first-order valence-corrected chi connectivity index (χ1v) is 15.6. The standard InChI is InChI=1S/C31H36ClF2NO3Si/c1-21-17-35(18-22(2)38-21)30-23(16-26(27(32)19-36)28(33)29(30)34)20-37-39(31(3,4)5,24-12-8-6-9-13-24)25-14-10-7-11-15-25/h6-16,19,21-22,27H,17-18,20H2,1-5H3/t21-,22+,27?. The van der Waals surface area contributed by atoms with E-state index in [1.54, 1.807) is 0 Å². The van der Waals surface area contributed by atoms with E-state index in [2.05, 4.69) is 45.0 Å². The van der Waals surface area contributed by atoms with Crippen LogP contribution in [-0.2, 0) is 20.6 Å². The van der Waals surface area contributed by atoms with Gasteiger partial charge in [0.25, 0.3) is 8.32 Å². The lowest BCUT2D eigenvalue weighted by Gasteiger charge is -2.43. The summed E-state index contributed by atoms with van der Waals surface area (Å²) < 4.78 is 44.1. The van der Waals surface area contributed by atoms with Gasteiger partial charge >= 0.3 is 0 Å². The number of halogens is 3. The van der Waals surface area contributed by atoms with Crippen LogP contribution in [0.1, 0.15) is 51.1 Å². The summed E-state index contributed by atoms with van der Waals surface area (Å²) in [5.74, 6) is -2.14. The third-order valence-corrected chi connectivity index (χ3v) is 12.6. The summed E-state index contributed by atoms with van der Waals surface area (Å²) in [6.07, 6.45) is 0.0687.